The van der Waals surface area contributed by atoms with Crippen LogP contribution in [-0.4, -0.2) is 12.5 Å². The Morgan fingerprint density at radius 3 is 2.64 bits per heavy atom. The lowest BCUT2D eigenvalue weighted by atomic mass is 9.79. The molecule has 1 atom stereocenters. The molecule has 0 spiro atoms. The minimum atomic E-state index is -0.0538. The number of halogens is 1. The smallest absolute Gasteiger partial charge is 0.223 e. The summed E-state index contributed by atoms with van der Waals surface area (Å²) in [5.41, 5.74) is 3.47. The molecule has 2 aromatic rings. The van der Waals surface area contributed by atoms with Gasteiger partial charge in [0.25, 0.3) is 0 Å². The molecule has 3 heteroatoms. The zero-order valence-electron chi connectivity index (χ0n) is 13.0. The molecule has 114 valence electrons. The fraction of sp³-hybridized carbons (Fsp3) is 0.316. The molecular formula is C19H20ClNO. The molecule has 2 nitrogen and oxygen atoms in total. The molecule has 1 aliphatic rings. The van der Waals surface area contributed by atoms with E-state index in [9.17, 15) is 4.79 Å². The van der Waals surface area contributed by atoms with Gasteiger partial charge in [0.15, 0.2) is 0 Å². The molecule has 0 bridgehead atoms. The van der Waals surface area contributed by atoms with Crippen LogP contribution in [0.25, 0.3) is 0 Å². The third kappa shape index (κ3) is 2.76. The maximum absolute atomic E-state index is 11.9. The Hall–Kier alpha value is -1.80. The van der Waals surface area contributed by atoms with E-state index >= 15 is 0 Å². The van der Waals surface area contributed by atoms with Crippen molar-refractivity contribution in [1.29, 1.82) is 0 Å². The standard InChI is InChI=1S/C19H20ClNO/c1-14(22)21-13-19(2,11-10-15-6-4-3-5-7-15)17-12-16(20)8-9-18(17)21/h3-9,12H,10-11,13H2,1-2H3. The Balaban J connectivity index is 1.90. The van der Waals surface area contributed by atoms with Crippen LogP contribution >= 0.6 is 11.6 Å². The van der Waals surface area contributed by atoms with Gasteiger partial charge in [0, 0.05) is 29.6 Å². The van der Waals surface area contributed by atoms with Crippen molar-refractivity contribution in [2.24, 2.45) is 0 Å². The first kappa shape index (κ1) is 15.1. The average molecular weight is 314 g/mol. The van der Waals surface area contributed by atoms with E-state index in [1.165, 1.54) is 11.1 Å². The van der Waals surface area contributed by atoms with Crippen molar-refractivity contribution in [1.82, 2.24) is 0 Å². The van der Waals surface area contributed by atoms with Crippen molar-refractivity contribution < 1.29 is 4.79 Å². The molecule has 2 aromatic carbocycles. The first-order valence-corrected chi connectivity index (χ1v) is 7.99. The van der Waals surface area contributed by atoms with Crippen LogP contribution in [0.2, 0.25) is 5.02 Å². The van der Waals surface area contributed by atoms with Crippen LogP contribution in [0.15, 0.2) is 48.5 Å². The van der Waals surface area contributed by atoms with Crippen molar-refractivity contribution in [3.63, 3.8) is 0 Å². The SMILES string of the molecule is CC(=O)N1CC(C)(CCc2ccccc2)c2cc(Cl)ccc21. The Morgan fingerprint density at radius 1 is 1.23 bits per heavy atom. The molecule has 0 N–H and O–H groups in total. The second-order valence-electron chi connectivity index (χ2n) is 6.31. The van der Waals surface area contributed by atoms with E-state index in [1.807, 2.05) is 29.2 Å². The molecule has 1 amide bonds. The van der Waals surface area contributed by atoms with E-state index in [-0.39, 0.29) is 11.3 Å². The molecule has 1 unspecified atom stereocenters. The molecule has 0 saturated heterocycles. The number of carbonyl (C=O) groups is 1. The highest BCUT2D eigenvalue weighted by atomic mass is 35.5. The van der Waals surface area contributed by atoms with E-state index in [0.29, 0.717) is 0 Å². The van der Waals surface area contributed by atoms with Crippen LogP contribution in [0.4, 0.5) is 5.69 Å². The zero-order valence-corrected chi connectivity index (χ0v) is 13.7. The minimum Gasteiger partial charge on any atom is -0.311 e. The van der Waals surface area contributed by atoms with E-state index in [2.05, 4.69) is 31.2 Å². The molecule has 3 rings (SSSR count). The number of fused-ring (bicyclic) bond motifs is 1. The van der Waals surface area contributed by atoms with Crippen LogP contribution < -0.4 is 4.90 Å². The van der Waals surface area contributed by atoms with Crippen LogP contribution in [0.3, 0.4) is 0 Å². The Labute approximate surface area is 136 Å². The summed E-state index contributed by atoms with van der Waals surface area (Å²) in [7, 11) is 0. The lowest BCUT2D eigenvalue weighted by Gasteiger charge is -2.25. The van der Waals surface area contributed by atoms with E-state index < -0.39 is 0 Å². The number of carbonyl (C=O) groups excluding carboxylic acids is 1. The van der Waals surface area contributed by atoms with Crippen molar-refractivity contribution in [3.05, 3.63) is 64.7 Å². The predicted octanol–water partition coefficient (Wildman–Crippen LogP) is 4.60. The highest BCUT2D eigenvalue weighted by Gasteiger charge is 2.40. The van der Waals surface area contributed by atoms with Crippen molar-refractivity contribution in [2.45, 2.75) is 32.1 Å². The van der Waals surface area contributed by atoms with Gasteiger partial charge in [-0.1, -0.05) is 48.9 Å². The monoisotopic (exact) mass is 313 g/mol. The molecular weight excluding hydrogens is 294 g/mol. The zero-order chi connectivity index (χ0) is 15.7. The summed E-state index contributed by atoms with van der Waals surface area (Å²) in [6, 6.07) is 16.3. The number of hydrogen-bond acceptors (Lipinski definition) is 1. The number of anilines is 1. The molecule has 0 radical (unpaired) electrons. The van der Waals surface area contributed by atoms with Crippen LogP contribution in [-0.2, 0) is 16.6 Å². The van der Waals surface area contributed by atoms with Crippen molar-refractivity contribution in [3.8, 4) is 0 Å². The molecule has 0 aromatic heterocycles. The quantitative estimate of drug-likeness (QED) is 0.811. The first-order valence-electron chi connectivity index (χ1n) is 7.62. The summed E-state index contributed by atoms with van der Waals surface area (Å²) in [5, 5.41) is 0.732. The average Bonchev–Trinajstić information content (AvgIpc) is 2.80. The number of benzene rings is 2. The molecule has 22 heavy (non-hydrogen) atoms. The number of aryl methyl sites for hydroxylation is 1. The van der Waals surface area contributed by atoms with Crippen LogP contribution in [0.5, 0.6) is 0 Å². The number of hydrogen-bond donors (Lipinski definition) is 0. The number of rotatable bonds is 3. The molecule has 0 aliphatic carbocycles. The van der Waals surface area contributed by atoms with Gasteiger partial charge in [0.05, 0.1) is 0 Å². The first-order chi connectivity index (χ1) is 10.5. The molecule has 0 saturated carbocycles. The third-order valence-corrected chi connectivity index (χ3v) is 4.83. The van der Waals surface area contributed by atoms with Crippen molar-refractivity contribution >= 4 is 23.2 Å². The van der Waals surface area contributed by atoms with Gasteiger partial charge in [-0.15, -0.1) is 0 Å². The summed E-state index contributed by atoms with van der Waals surface area (Å²) < 4.78 is 0. The molecule has 1 heterocycles. The van der Waals surface area contributed by atoms with Gasteiger partial charge in [-0.25, -0.2) is 0 Å². The van der Waals surface area contributed by atoms with Gasteiger partial charge in [-0.3, -0.25) is 4.79 Å². The van der Waals surface area contributed by atoms with Crippen molar-refractivity contribution in [2.75, 3.05) is 11.4 Å². The van der Waals surface area contributed by atoms with Gasteiger partial charge in [0.1, 0.15) is 0 Å². The van der Waals surface area contributed by atoms with Gasteiger partial charge >= 0.3 is 0 Å². The highest BCUT2D eigenvalue weighted by molar-refractivity contribution is 6.30. The minimum absolute atomic E-state index is 0.0538. The third-order valence-electron chi connectivity index (χ3n) is 4.60. The lowest BCUT2D eigenvalue weighted by molar-refractivity contribution is -0.116. The Bertz CT molecular complexity index is 698. The summed E-state index contributed by atoms with van der Waals surface area (Å²) in [4.78, 5) is 13.8. The topological polar surface area (TPSA) is 20.3 Å². The highest BCUT2D eigenvalue weighted by Crippen LogP contribution is 2.44. The van der Waals surface area contributed by atoms with E-state index in [4.69, 9.17) is 11.6 Å². The fourth-order valence-electron chi connectivity index (χ4n) is 3.31. The summed E-state index contributed by atoms with van der Waals surface area (Å²) in [5.74, 6) is 0.0898. The Kier molecular flexibility index (Phi) is 3.96. The number of nitrogens with zero attached hydrogens (tertiary/aromatic N) is 1. The summed E-state index contributed by atoms with van der Waals surface area (Å²) in [6.45, 7) is 4.58. The normalized spacial score (nSPS) is 20.0. The van der Waals surface area contributed by atoms with Gasteiger partial charge < -0.3 is 4.90 Å². The summed E-state index contributed by atoms with van der Waals surface area (Å²) >= 11 is 6.19. The van der Waals surface area contributed by atoms with Crippen LogP contribution in [0.1, 0.15) is 31.4 Å². The number of amides is 1. The predicted molar refractivity (Wildman–Crippen MR) is 91.6 cm³/mol. The van der Waals surface area contributed by atoms with Gasteiger partial charge in [-0.05, 0) is 42.2 Å². The van der Waals surface area contributed by atoms with Gasteiger partial charge in [0.2, 0.25) is 5.91 Å². The van der Waals surface area contributed by atoms with E-state index in [0.717, 1.165) is 30.1 Å². The molecule has 1 aliphatic heterocycles. The second-order valence-corrected chi connectivity index (χ2v) is 6.75. The fourth-order valence-corrected chi connectivity index (χ4v) is 3.48. The van der Waals surface area contributed by atoms with Crippen LogP contribution in [0, 0.1) is 0 Å². The van der Waals surface area contributed by atoms with E-state index in [1.54, 1.807) is 6.92 Å². The second kappa shape index (κ2) is 5.77. The Morgan fingerprint density at radius 2 is 1.95 bits per heavy atom. The lowest BCUT2D eigenvalue weighted by Crippen LogP contribution is -2.34. The maximum atomic E-state index is 11.9. The molecule has 0 fully saturated rings. The summed E-state index contributed by atoms with van der Waals surface area (Å²) in [6.07, 6.45) is 1.99. The van der Waals surface area contributed by atoms with Gasteiger partial charge in [-0.2, -0.15) is 0 Å². The maximum Gasteiger partial charge on any atom is 0.223 e. The largest absolute Gasteiger partial charge is 0.311 e.